The summed E-state index contributed by atoms with van der Waals surface area (Å²) in [6.07, 6.45) is 2.22. The van der Waals surface area contributed by atoms with Crippen LogP contribution in [0.15, 0.2) is 16.5 Å². The van der Waals surface area contributed by atoms with Gasteiger partial charge in [-0.05, 0) is 25.0 Å². The Bertz CT molecular complexity index is 250. The third-order valence-electron chi connectivity index (χ3n) is 2.65. The predicted molar refractivity (Wildman–Crippen MR) is 54.4 cm³/mol. The number of aryl methyl sites for hydroxylation is 1. The number of hydrogen-bond acceptors (Lipinski definition) is 2. The van der Waals surface area contributed by atoms with E-state index in [-0.39, 0.29) is 6.04 Å². The van der Waals surface area contributed by atoms with Gasteiger partial charge in [0.1, 0.15) is 11.5 Å². The van der Waals surface area contributed by atoms with Crippen molar-refractivity contribution in [2.24, 2.45) is 11.7 Å². The first kappa shape index (κ1) is 10.3. The zero-order valence-electron chi connectivity index (χ0n) is 8.71. The van der Waals surface area contributed by atoms with E-state index in [1.54, 1.807) is 0 Å². The van der Waals surface area contributed by atoms with Crippen molar-refractivity contribution in [2.75, 3.05) is 0 Å². The molecular formula is C11H19NO. The van der Waals surface area contributed by atoms with Crippen LogP contribution in [-0.4, -0.2) is 0 Å². The van der Waals surface area contributed by atoms with Gasteiger partial charge < -0.3 is 10.2 Å². The van der Waals surface area contributed by atoms with Crippen molar-refractivity contribution in [3.8, 4) is 0 Å². The molecule has 1 aromatic rings. The summed E-state index contributed by atoms with van der Waals surface area (Å²) in [4.78, 5) is 0. The molecular weight excluding hydrogens is 162 g/mol. The van der Waals surface area contributed by atoms with Crippen molar-refractivity contribution in [1.29, 1.82) is 0 Å². The number of rotatable bonds is 4. The van der Waals surface area contributed by atoms with Gasteiger partial charge in [0.15, 0.2) is 0 Å². The minimum atomic E-state index is 0.0590. The van der Waals surface area contributed by atoms with Crippen molar-refractivity contribution in [3.05, 3.63) is 23.7 Å². The standard InChI is InChI=1S/C11H19NO/c1-4-9(5-2)11(12)10-7-6-8(3)13-10/h6-7,9,11H,4-5,12H2,1-3H3. The van der Waals surface area contributed by atoms with Gasteiger partial charge in [0, 0.05) is 0 Å². The maximum Gasteiger partial charge on any atom is 0.121 e. The Morgan fingerprint density at radius 2 is 1.92 bits per heavy atom. The third-order valence-corrected chi connectivity index (χ3v) is 2.65. The first-order valence-corrected chi connectivity index (χ1v) is 5.00. The molecule has 1 heterocycles. The van der Waals surface area contributed by atoms with Crippen molar-refractivity contribution < 1.29 is 4.42 Å². The van der Waals surface area contributed by atoms with E-state index >= 15 is 0 Å². The van der Waals surface area contributed by atoms with Gasteiger partial charge in [0.25, 0.3) is 0 Å². The average molecular weight is 181 g/mol. The van der Waals surface area contributed by atoms with Gasteiger partial charge in [-0.1, -0.05) is 26.7 Å². The Kier molecular flexibility index (Phi) is 3.55. The first-order valence-electron chi connectivity index (χ1n) is 5.00. The second kappa shape index (κ2) is 4.47. The lowest BCUT2D eigenvalue weighted by Crippen LogP contribution is -2.19. The first-order chi connectivity index (χ1) is 6.19. The zero-order chi connectivity index (χ0) is 9.84. The molecule has 0 aromatic carbocycles. The molecule has 0 fully saturated rings. The summed E-state index contributed by atoms with van der Waals surface area (Å²) in [7, 11) is 0. The van der Waals surface area contributed by atoms with Gasteiger partial charge in [0.2, 0.25) is 0 Å². The molecule has 1 atom stereocenters. The maximum absolute atomic E-state index is 6.08. The summed E-state index contributed by atoms with van der Waals surface area (Å²) < 4.78 is 5.50. The average Bonchev–Trinajstić information content (AvgIpc) is 2.54. The number of nitrogens with two attached hydrogens (primary N) is 1. The second-order valence-electron chi connectivity index (χ2n) is 3.55. The summed E-state index contributed by atoms with van der Waals surface area (Å²) >= 11 is 0. The van der Waals surface area contributed by atoms with Crippen molar-refractivity contribution >= 4 is 0 Å². The molecule has 0 amide bonds. The van der Waals surface area contributed by atoms with Gasteiger partial charge >= 0.3 is 0 Å². The highest BCUT2D eigenvalue weighted by Crippen LogP contribution is 2.25. The monoisotopic (exact) mass is 181 g/mol. The summed E-state index contributed by atoms with van der Waals surface area (Å²) in [6, 6.07) is 4.01. The van der Waals surface area contributed by atoms with E-state index in [0.29, 0.717) is 5.92 Å². The lowest BCUT2D eigenvalue weighted by Gasteiger charge is -2.18. The smallest absolute Gasteiger partial charge is 0.121 e. The van der Waals surface area contributed by atoms with Crippen LogP contribution >= 0.6 is 0 Å². The van der Waals surface area contributed by atoms with E-state index < -0.39 is 0 Å². The van der Waals surface area contributed by atoms with Gasteiger partial charge in [-0.25, -0.2) is 0 Å². The molecule has 0 aliphatic heterocycles. The van der Waals surface area contributed by atoms with Crippen molar-refractivity contribution in [1.82, 2.24) is 0 Å². The molecule has 2 heteroatoms. The molecule has 0 saturated heterocycles. The third kappa shape index (κ3) is 2.34. The molecule has 1 aromatic heterocycles. The van der Waals surface area contributed by atoms with E-state index in [0.717, 1.165) is 24.4 Å². The summed E-state index contributed by atoms with van der Waals surface area (Å²) in [5.74, 6) is 2.40. The maximum atomic E-state index is 6.08. The summed E-state index contributed by atoms with van der Waals surface area (Å²) in [6.45, 7) is 6.29. The molecule has 1 rings (SSSR count). The Morgan fingerprint density at radius 1 is 1.31 bits per heavy atom. The topological polar surface area (TPSA) is 39.2 Å². The number of furan rings is 1. The SMILES string of the molecule is CCC(CC)C(N)c1ccc(C)o1. The van der Waals surface area contributed by atoms with Crippen LogP contribution in [0.4, 0.5) is 0 Å². The highest BCUT2D eigenvalue weighted by Gasteiger charge is 2.18. The Balaban J connectivity index is 2.71. The van der Waals surface area contributed by atoms with Crippen LogP contribution in [0.25, 0.3) is 0 Å². The Hall–Kier alpha value is -0.760. The molecule has 74 valence electrons. The molecule has 13 heavy (non-hydrogen) atoms. The fraction of sp³-hybridized carbons (Fsp3) is 0.636. The molecule has 1 unspecified atom stereocenters. The van der Waals surface area contributed by atoms with Crippen molar-refractivity contribution in [3.63, 3.8) is 0 Å². The predicted octanol–water partition coefficient (Wildman–Crippen LogP) is 3.02. The highest BCUT2D eigenvalue weighted by molar-refractivity contribution is 5.10. The Labute approximate surface area is 80.1 Å². The van der Waals surface area contributed by atoms with Crippen LogP contribution < -0.4 is 5.73 Å². The van der Waals surface area contributed by atoms with Gasteiger partial charge in [-0.2, -0.15) is 0 Å². The quantitative estimate of drug-likeness (QED) is 0.775. The normalized spacial score (nSPS) is 13.6. The van der Waals surface area contributed by atoms with E-state index in [4.69, 9.17) is 10.2 Å². The largest absolute Gasteiger partial charge is 0.465 e. The van der Waals surface area contributed by atoms with Gasteiger partial charge in [-0.3, -0.25) is 0 Å². The molecule has 2 N–H and O–H groups in total. The zero-order valence-corrected chi connectivity index (χ0v) is 8.71. The second-order valence-corrected chi connectivity index (χ2v) is 3.55. The lowest BCUT2D eigenvalue weighted by atomic mass is 9.93. The van der Waals surface area contributed by atoms with Crippen LogP contribution in [0.1, 0.15) is 44.3 Å². The Morgan fingerprint density at radius 3 is 2.31 bits per heavy atom. The summed E-state index contributed by atoms with van der Waals surface area (Å²) in [5, 5.41) is 0. The molecule has 0 aliphatic carbocycles. The van der Waals surface area contributed by atoms with Gasteiger partial charge in [0.05, 0.1) is 6.04 Å². The van der Waals surface area contributed by atoms with E-state index in [2.05, 4.69) is 13.8 Å². The van der Waals surface area contributed by atoms with E-state index in [1.165, 1.54) is 0 Å². The molecule has 2 nitrogen and oxygen atoms in total. The molecule has 0 aliphatic rings. The summed E-state index contributed by atoms with van der Waals surface area (Å²) in [5.41, 5.74) is 6.08. The highest BCUT2D eigenvalue weighted by atomic mass is 16.3. The van der Waals surface area contributed by atoms with Crippen LogP contribution in [0.2, 0.25) is 0 Å². The fourth-order valence-corrected chi connectivity index (χ4v) is 1.66. The van der Waals surface area contributed by atoms with Crippen LogP contribution in [0.3, 0.4) is 0 Å². The molecule has 0 saturated carbocycles. The van der Waals surface area contributed by atoms with Crippen LogP contribution in [0, 0.1) is 12.8 Å². The minimum Gasteiger partial charge on any atom is -0.465 e. The van der Waals surface area contributed by atoms with Crippen LogP contribution in [-0.2, 0) is 0 Å². The van der Waals surface area contributed by atoms with E-state index in [9.17, 15) is 0 Å². The molecule has 0 spiro atoms. The minimum absolute atomic E-state index is 0.0590. The molecule has 0 radical (unpaired) electrons. The number of hydrogen-bond donors (Lipinski definition) is 1. The molecule has 0 bridgehead atoms. The van der Waals surface area contributed by atoms with Gasteiger partial charge in [-0.15, -0.1) is 0 Å². The lowest BCUT2D eigenvalue weighted by molar-refractivity contribution is 0.341. The van der Waals surface area contributed by atoms with Crippen molar-refractivity contribution in [2.45, 2.75) is 39.7 Å². The van der Waals surface area contributed by atoms with Crippen LogP contribution in [0.5, 0.6) is 0 Å². The fourth-order valence-electron chi connectivity index (χ4n) is 1.66. The van der Waals surface area contributed by atoms with E-state index in [1.807, 2.05) is 19.1 Å².